The molecule has 0 aliphatic carbocycles. The molecule has 33 heavy (non-hydrogen) atoms. The maximum absolute atomic E-state index is 10.3. The number of hydrogen-bond acceptors (Lipinski definition) is 3. The van der Waals surface area contributed by atoms with Crippen LogP contribution in [0.15, 0.2) is 88.5 Å². The Morgan fingerprint density at radius 2 is 1.58 bits per heavy atom. The number of furan rings is 1. The number of nitrogens with zero attached hydrogens (tertiary/aromatic N) is 4. The molecule has 0 amide bonds. The highest BCUT2D eigenvalue weighted by Gasteiger charge is 2.25. The first-order valence-electron chi connectivity index (χ1n) is 11.4. The molecule has 0 spiro atoms. The highest BCUT2D eigenvalue weighted by molar-refractivity contribution is 5.91. The van der Waals surface area contributed by atoms with Gasteiger partial charge in [0.2, 0.25) is 0 Å². The molecule has 0 bridgehead atoms. The minimum Gasteiger partial charge on any atom is -0.467 e. The van der Waals surface area contributed by atoms with Crippen molar-refractivity contribution >= 4 is 12.2 Å². The standard InChI is InChI=1S/C28H26N4O/c29-19-25-26(22-11-4-1-5-12-22)27(23-13-6-2-7-14-23)32(20-24-15-10-18-33-24)28(25)30-21-31-16-8-3-9-17-31/h1-2,4-7,10-15,18,21H,3,8-9,16-17,20H2. The van der Waals surface area contributed by atoms with Gasteiger partial charge in [-0.1, -0.05) is 60.7 Å². The molecule has 5 heteroatoms. The van der Waals surface area contributed by atoms with E-state index in [0.29, 0.717) is 17.9 Å². The number of benzene rings is 2. The second-order valence-electron chi connectivity index (χ2n) is 8.27. The quantitative estimate of drug-likeness (QED) is 0.258. The van der Waals surface area contributed by atoms with Crippen LogP contribution >= 0.6 is 0 Å². The summed E-state index contributed by atoms with van der Waals surface area (Å²) in [5.74, 6) is 1.48. The summed E-state index contributed by atoms with van der Waals surface area (Å²) in [5.41, 5.74) is 4.50. The smallest absolute Gasteiger partial charge is 0.153 e. The first-order chi connectivity index (χ1) is 16.3. The van der Waals surface area contributed by atoms with Crippen molar-refractivity contribution in [1.82, 2.24) is 9.47 Å². The van der Waals surface area contributed by atoms with Crippen molar-refractivity contribution in [3.63, 3.8) is 0 Å². The topological polar surface area (TPSA) is 57.5 Å². The van der Waals surface area contributed by atoms with Gasteiger partial charge in [0.05, 0.1) is 24.8 Å². The second kappa shape index (κ2) is 9.62. The number of piperidine rings is 1. The van der Waals surface area contributed by atoms with Gasteiger partial charge < -0.3 is 13.9 Å². The monoisotopic (exact) mass is 434 g/mol. The van der Waals surface area contributed by atoms with Gasteiger partial charge in [-0.3, -0.25) is 0 Å². The summed E-state index contributed by atoms with van der Waals surface area (Å²) >= 11 is 0. The first-order valence-corrected chi connectivity index (χ1v) is 11.4. The van der Waals surface area contributed by atoms with Gasteiger partial charge in [0, 0.05) is 18.7 Å². The van der Waals surface area contributed by atoms with E-state index in [0.717, 1.165) is 41.2 Å². The van der Waals surface area contributed by atoms with Crippen LogP contribution in [0, 0.1) is 11.3 Å². The van der Waals surface area contributed by atoms with Crippen LogP contribution in [0.25, 0.3) is 22.4 Å². The summed E-state index contributed by atoms with van der Waals surface area (Å²) in [6, 6.07) is 26.7. The second-order valence-corrected chi connectivity index (χ2v) is 8.27. The van der Waals surface area contributed by atoms with E-state index >= 15 is 0 Å². The zero-order chi connectivity index (χ0) is 22.5. The predicted molar refractivity (Wildman–Crippen MR) is 131 cm³/mol. The summed E-state index contributed by atoms with van der Waals surface area (Å²) in [6.45, 7) is 2.49. The zero-order valence-corrected chi connectivity index (χ0v) is 18.5. The van der Waals surface area contributed by atoms with E-state index in [9.17, 15) is 5.26 Å². The molecule has 0 saturated carbocycles. The van der Waals surface area contributed by atoms with Gasteiger partial charge in [0.15, 0.2) is 5.82 Å². The van der Waals surface area contributed by atoms with E-state index in [1.165, 1.54) is 19.3 Å². The fourth-order valence-corrected chi connectivity index (χ4v) is 4.51. The molecule has 1 saturated heterocycles. The lowest BCUT2D eigenvalue weighted by molar-refractivity contribution is 0.351. The van der Waals surface area contributed by atoms with Crippen molar-refractivity contribution in [3.8, 4) is 28.5 Å². The number of nitriles is 1. The predicted octanol–water partition coefficient (Wildman–Crippen LogP) is 6.48. The molecule has 0 radical (unpaired) electrons. The Balaban J connectivity index is 1.75. The third kappa shape index (κ3) is 4.33. The Morgan fingerprint density at radius 3 is 2.21 bits per heavy atom. The van der Waals surface area contributed by atoms with Gasteiger partial charge in [-0.05, 0) is 42.5 Å². The van der Waals surface area contributed by atoms with Gasteiger partial charge in [-0.25, -0.2) is 4.99 Å². The summed E-state index contributed by atoms with van der Waals surface area (Å²) in [7, 11) is 0. The van der Waals surface area contributed by atoms with E-state index in [-0.39, 0.29) is 0 Å². The average Bonchev–Trinajstić information content (AvgIpc) is 3.50. The summed E-state index contributed by atoms with van der Waals surface area (Å²) in [5, 5.41) is 10.3. The molecule has 1 aliphatic heterocycles. The molecule has 0 unspecified atom stereocenters. The molecular formula is C28H26N4O. The van der Waals surface area contributed by atoms with Crippen molar-refractivity contribution in [1.29, 1.82) is 5.26 Å². The molecule has 0 atom stereocenters. The Bertz CT molecular complexity index is 1260. The lowest BCUT2D eigenvalue weighted by Crippen LogP contribution is -2.28. The number of hydrogen-bond donors (Lipinski definition) is 0. The van der Waals surface area contributed by atoms with Crippen molar-refractivity contribution in [2.45, 2.75) is 25.8 Å². The van der Waals surface area contributed by atoms with E-state index in [1.807, 2.05) is 54.9 Å². The summed E-state index contributed by atoms with van der Waals surface area (Å²) in [6.07, 6.45) is 7.21. The van der Waals surface area contributed by atoms with Crippen LogP contribution in [0.5, 0.6) is 0 Å². The molecule has 2 aromatic carbocycles. The highest BCUT2D eigenvalue weighted by atomic mass is 16.3. The van der Waals surface area contributed by atoms with Crippen molar-refractivity contribution in [3.05, 3.63) is 90.4 Å². The Labute approximate surface area is 194 Å². The van der Waals surface area contributed by atoms with Crippen molar-refractivity contribution in [2.75, 3.05) is 13.1 Å². The van der Waals surface area contributed by atoms with E-state index in [1.54, 1.807) is 6.26 Å². The summed E-state index contributed by atoms with van der Waals surface area (Å²) in [4.78, 5) is 7.16. The lowest BCUT2D eigenvalue weighted by atomic mass is 9.98. The third-order valence-corrected chi connectivity index (χ3v) is 6.09. The number of aromatic nitrogens is 1. The molecule has 1 aliphatic rings. The third-order valence-electron chi connectivity index (χ3n) is 6.09. The van der Waals surface area contributed by atoms with E-state index < -0.39 is 0 Å². The average molecular weight is 435 g/mol. The van der Waals surface area contributed by atoms with Crippen LogP contribution in [-0.2, 0) is 6.54 Å². The van der Waals surface area contributed by atoms with Crippen LogP contribution in [-0.4, -0.2) is 28.9 Å². The van der Waals surface area contributed by atoms with Crippen molar-refractivity contribution < 1.29 is 4.42 Å². The summed E-state index contributed by atoms with van der Waals surface area (Å²) < 4.78 is 7.82. The van der Waals surface area contributed by atoms with Crippen LogP contribution in [0.3, 0.4) is 0 Å². The largest absolute Gasteiger partial charge is 0.467 e. The fourth-order valence-electron chi connectivity index (χ4n) is 4.51. The maximum atomic E-state index is 10.3. The molecule has 164 valence electrons. The van der Waals surface area contributed by atoms with E-state index in [4.69, 9.17) is 9.41 Å². The SMILES string of the molecule is N#Cc1c(-c2ccccc2)c(-c2ccccc2)n(Cc2ccco2)c1N=CN1CCCCC1. The first kappa shape index (κ1) is 20.8. The minimum absolute atomic E-state index is 0.491. The molecule has 3 heterocycles. The Hall–Kier alpha value is -4.04. The fraction of sp³-hybridized carbons (Fsp3) is 0.214. The van der Waals surface area contributed by atoms with Crippen molar-refractivity contribution in [2.24, 2.45) is 4.99 Å². The highest BCUT2D eigenvalue weighted by Crippen LogP contribution is 2.43. The molecular weight excluding hydrogens is 408 g/mol. The van der Waals surface area contributed by atoms with Crippen LogP contribution in [0.1, 0.15) is 30.6 Å². The van der Waals surface area contributed by atoms with Crippen LogP contribution in [0.4, 0.5) is 5.82 Å². The number of rotatable bonds is 6. The number of likely N-dealkylation sites (tertiary alicyclic amines) is 1. The normalized spacial score (nSPS) is 14.0. The van der Waals surface area contributed by atoms with E-state index in [2.05, 4.69) is 39.8 Å². The lowest BCUT2D eigenvalue weighted by Gasteiger charge is -2.23. The molecule has 5 rings (SSSR count). The minimum atomic E-state index is 0.491. The molecule has 1 fully saturated rings. The van der Waals surface area contributed by atoms with Gasteiger partial charge in [-0.15, -0.1) is 0 Å². The zero-order valence-electron chi connectivity index (χ0n) is 18.5. The molecule has 4 aromatic rings. The Kier molecular flexibility index (Phi) is 6.08. The van der Waals surface area contributed by atoms with Crippen LogP contribution in [0.2, 0.25) is 0 Å². The van der Waals surface area contributed by atoms with Crippen LogP contribution < -0.4 is 0 Å². The molecule has 0 N–H and O–H groups in total. The van der Waals surface area contributed by atoms with Gasteiger partial charge in [0.1, 0.15) is 17.4 Å². The Morgan fingerprint density at radius 1 is 0.879 bits per heavy atom. The molecule has 2 aromatic heterocycles. The maximum Gasteiger partial charge on any atom is 0.153 e. The molecule has 5 nitrogen and oxygen atoms in total. The van der Waals surface area contributed by atoms with Gasteiger partial charge >= 0.3 is 0 Å². The van der Waals surface area contributed by atoms with Gasteiger partial charge in [-0.2, -0.15) is 5.26 Å². The number of aliphatic imine (C=N–C) groups is 1. The van der Waals surface area contributed by atoms with Gasteiger partial charge in [0.25, 0.3) is 0 Å².